The Morgan fingerprint density at radius 1 is 1.16 bits per heavy atom. The number of anilines is 1. The van der Waals surface area contributed by atoms with Crippen molar-refractivity contribution >= 4 is 15.8 Å². The Hall–Kier alpha value is -1.52. The van der Waals surface area contributed by atoms with Gasteiger partial charge in [-0.1, -0.05) is 6.07 Å². The van der Waals surface area contributed by atoms with Gasteiger partial charge in [-0.25, -0.2) is 0 Å². The molecule has 25 heavy (non-hydrogen) atoms. The zero-order chi connectivity index (χ0) is 18.7. The quantitative estimate of drug-likeness (QED) is 0.554. The Bertz CT molecular complexity index is 687. The molecule has 0 N–H and O–H groups in total. The topological polar surface area (TPSA) is 59.1 Å². The molecule has 0 spiro atoms. The number of piperazine rings is 1. The molecule has 1 aromatic rings. The summed E-state index contributed by atoms with van der Waals surface area (Å²) in [5, 5.41) is 0. The second-order valence-electron chi connectivity index (χ2n) is 5.70. The molecular formula is C15H21F3N2O4S. The van der Waals surface area contributed by atoms with E-state index in [1.54, 1.807) is 20.1 Å². The molecule has 0 bridgehead atoms. The van der Waals surface area contributed by atoms with Crippen LogP contribution in [0.1, 0.15) is 5.56 Å². The van der Waals surface area contributed by atoms with E-state index in [0.29, 0.717) is 30.9 Å². The van der Waals surface area contributed by atoms with Crippen molar-refractivity contribution in [2.75, 3.05) is 51.3 Å². The van der Waals surface area contributed by atoms with Crippen molar-refractivity contribution in [3.63, 3.8) is 0 Å². The molecule has 0 aromatic heterocycles. The van der Waals surface area contributed by atoms with Crippen LogP contribution in [-0.4, -0.2) is 65.3 Å². The molecule has 6 nitrogen and oxygen atoms in total. The number of benzene rings is 1. The number of hydrogen-bond donors (Lipinski definition) is 0. The molecule has 1 aromatic carbocycles. The first-order chi connectivity index (χ1) is 11.7. The van der Waals surface area contributed by atoms with E-state index in [4.69, 9.17) is 4.74 Å². The Morgan fingerprint density at radius 3 is 2.36 bits per heavy atom. The minimum Gasteiger partial charge on any atom is -0.383 e. The van der Waals surface area contributed by atoms with Crippen LogP contribution in [0.4, 0.5) is 18.9 Å². The van der Waals surface area contributed by atoms with Crippen molar-refractivity contribution in [3.8, 4) is 5.75 Å². The van der Waals surface area contributed by atoms with Gasteiger partial charge in [-0.15, -0.1) is 0 Å². The maximum absolute atomic E-state index is 12.5. The van der Waals surface area contributed by atoms with Crippen molar-refractivity contribution in [3.05, 3.63) is 23.8 Å². The molecule has 0 atom stereocenters. The zero-order valence-corrected chi connectivity index (χ0v) is 14.9. The number of nitrogens with zero attached hydrogens (tertiary/aromatic N) is 2. The van der Waals surface area contributed by atoms with Crippen molar-refractivity contribution in [1.82, 2.24) is 4.90 Å². The number of methoxy groups -OCH3 is 1. The van der Waals surface area contributed by atoms with Crippen molar-refractivity contribution in [1.29, 1.82) is 0 Å². The lowest BCUT2D eigenvalue weighted by atomic mass is 10.1. The average Bonchev–Trinajstić information content (AvgIpc) is 2.54. The highest BCUT2D eigenvalue weighted by atomic mass is 32.2. The van der Waals surface area contributed by atoms with Gasteiger partial charge in [0.1, 0.15) is 5.75 Å². The molecular weight excluding hydrogens is 361 g/mol. The van der Waals surface area contributed by atoms with Crippen LogP contribution in [0.25, 0.3) is 0 Å². The predicted octanol–water partition coefficient (Wildman–Crippen LogP) is 1.99. The summed E-state index contributed by atoms with van der Waals surface area (Å²) in [6.45, 7) is 5.94. The van der Waals surface area contributed by atoms with E-state index in [1.165, 1.54) is 12.1 Å². The van der Waals surface area contributed by atoms with Crippen molar-refractivity contribution < 1.29 is 30.5 Å². The Labute approximate surface area is 145 Å². The standard InChI is InChI=1S/C15H21F3N2O4S/c1-12-13(20-8-6-19(7-9-20)10-11-23-2)4-3-5-14(12)24-25(21,22)15(16,17)18/h3-5H,6-11H2,1-2H3. The fraction of sp³-hybridized carbons (Fsp3) is 0.600. The Balaban J connectivity index is 2.12. The van der Waals surface area contributed by atoms with Crippen LogP contribution in [-0.2, 0) is 14.9 Å². The van der Waals surface area contributed by atoms with Crippen LogP contribution in [0.5, 0.6) is 5.75 Å². The average molecular weight is 382 g/mol. The summed E-state index contributed by atoms with van der Waals surface area (Å²) in [4.78, 5) is 4.23. The minimum absolute atomic E-state index is 0.309. The molecule has 0 aliphatic carbocycles. The van der Waals surface area contributed by atoms with E-state index in [2.05, 4.69) is 9.08 Å². The normalized spacial score (nSPS) is 16.9. The molecule has 0 amide bonds. The third-order valence-corrected chi connectivity index (χ3v) is 5.03. The highest BCUT2D eigenvalue weighted by Crippen LogP contribution is 2.33. The molecule has 10 heteroatoms. The van der Waals surface area contributed by atoms with E-state index >= 15 is 0 Å². The van der Waals surface area contributed by atoms with Gasteiger partial charge in [-0.3, -0.25) is 4.90 Å². The van der Waals surface area contributed by atoms with Gasteiger partial charge in [0.05, 0.1) is 6.61 Å². The fourth-order valence-electron chi connectivity index (χ4n) is 2.63. The van der Waals surface area contributed by atoms with Gasteiger partial charge in [0.15, 0.2) is 0 Å². The van der Waals surface area contributed by atoms with Gasteiger partial charge < -0.3 is 13.8 Å². The maximum Gasteiger partial charge on any atom is 0.534 e. The predicted molar refractivity (Wildman–Crippen MR) is 87.3 cm³/mol. The first-order valence-corrected chi connectivity index (χ1v) is 9.13. The first kappa shape index (κ1) is 19.8. The van der Waals surface area contributed by atoms with Crippen LogP contribution in [0.2, 0.25) is 0 Å². The molecule has 1 aliphatic heterocycles. The third kappa shape index (κ3) is 4.77. The number of hydrogen-bond acceptors (Lipinski definition) is 6. The number of halogens is 3. The summed E-state index contributed by atoms with van der Waals surface area (Å²) >= 11 is 0. The largest absolute Gasteiger partial charge is 0.534 e. The summed E-state index contributed by atoms with van der Waals surface area (Å²) in [6, 6.07) is 4.45. The van der Waals surface area contributed by atoms with Crippen LogP contribution < -0.4 is 9.08 Å². The van der Waals surface area contributed by atoms with Crippen molar-refractivity contribution in [2.45, 2.75) is 12.4 Å². The summed E-state index contributed by atoms with van der Waals surface area (Å²) in [7, 11) is -4.04. The van der Waals surface area contributed by atoms with Gasteiger partial charge >= 0.3 is 15.6 Å². The number of alkyl halides is 3. The minimum atomic E-state index is -5.68. The van der Waals surface area contributed by atoms with Crippen LogP contribution in [0, 0.1) is 6.92 Å². The second-order valence-corrected chi connectivity index (χ2v) is 7.24. The molecule has 142 valence electrons. The monoisotopic (exact) mass is 382 g/mol. The Kier molecular flexibility index (Phi) is 6.17. The van der Waals surface area contributed by atoms with Crippen LogP contribution in [0.15, 0.2) is 18.2 Å². The smallest absolute Gasteiger partial charge is 0.383 e. The zero-order valence-electron chi connectivity index (χ0n) is 14.0. The maximum atomic E-state index is 12.5. The summed E-state index contributed by atoms with van der Waals surface area (Å²) < 4.78 is 69.3. The third-order valence-electron chi connectivity index (χ3n) is 4.06. The summed E-state index contributed by atoms with van der Waals surface area (Å²) in [5.74, 6) is -0.309. The Morgan fingerprint density at radius 2 is 1.80 bits per heavy atom. The molecule has 0 unspecified atom stereocenters. The highest BCUT2D eigenvalue weighted by molar-refractivity contribution is 7.88. The summed E-state index contributed by atoms with van der Waals surface area (Å²) in [5.41, 5.74) is -4.43. The van der Waals surface area contributed by atoms with Gasteiger partial charge in [0, 0.05) is 51.1 Å². The molecule has 2 rings (SSSR count). The van der Waals surface area contributed by atoms with E-state index in [0.717, 1.165) is 19.6 Å². The van der Waals surface area contributed by atoms with Gasteiger partial charge in [0.25, 0.3) is 0 Å². The van der Waals surface area contributed by atoms with Gasteiger partial charge in [0.2, 0.25) is 0 Å². The molecule has 1 saturated heterocycles. The van der Waals surface area contributed by atoms with E-state index < -0.39 is 15.6 Å². The van der Waals surface area contributed by atoms with Gasteiger partial charge in [-0.2, -0.15) is 21.6 Å². The van der Waals surface area contributed by atoms with Crippen LogP contribution >= 0.6 is 0 Å². The highest BCUT2D eigenvalue weighted by Gasteiger charge is 2.48. The molecule has 1 fully saturated rings. The van der Waals surface area contributed by atoms with Crippen LogP contribution in [0.3, 0.4) is 0 Å². The first-order valence-electron chi connectivity index (χ1n) is 7.72. The molecule has 0 radical (unpaired) electrons. The van der Waals surface area contributed by atoms with E-state index in [-0.39, 0.29) is 5.75 Å². The lowest BCUT2D eigenvalue weighted by Crippen LogP contribution is -2.47. The second kappa shape index (κ2) is 7.79. The van der Waals surface area contributed by atoms with E-state index in [1.807, 2.05) is 4.90 Å². The fourth-order valence-corrected chi connectivity index (χ4v) is 3.15. The van der Waals surface area contributed by atoms with Crippen molar-refractivity contribution in [2.24, 2.45) is 0 Å². The SMILES string of the molecule is COCCN1CCN(c2cccc(OS(=O)(=O)C(F)(F)F)c2C)CC1. The molecule has 1 aliphatic rings. The molecule has 0 saturated carbocycles. The van der Waals surface area contributed by atoms with Gasteiger partial charge in [-0.05, 0) is 19.1 Å². The lowest BCUT2D eigenvalue weighted by Gasteiger charge is -2.36. The number of rotatable bonds is 6. The molecule has 1 heterocycles. The number of ether oxygens (including phenoxy) is 1. The van der Waals surface area contributed by atoms with E-state index in [9.17, 15) is 21.6 Å². The lowest BCUT2D eigenvalue weighted by molar-refractivity contribution is -0.0500. The summed E-state index contributed by atoms with van der Waals surface area (Å²) in [6.07, 6.45) is 0.